The van der Waals surface area contributed by atoms with Gasteiger partial charge in [-0.1, -0.05) is 17.4 Å². The molecule has 18 nitrogen and oxygen atoms in total. The number of amides is 2. The van der Waals surface area contributed by atoms with E-state index in [0.717, 1.165) is 33.6 Å². The van der Waals surface area contributed by atoms with Gasteiger partial charge in [0.2, 0.25) is 17.1 Å². The summed E-state index contributed by atoms with van der Waals surface area (Å²) in [6, 6.07) is 0. The Kier molecular flexibility index (Phi) is 7.83. The van der Waals surface area contributed by atoms with Gasteiger partial charge in [-0.2, -0.15) is 9.36 Å². The van der Waals surface area contributed by atoms with Crippen LogP contribution >= 0.6 is 35.5 Å². The predicted octanol–water partition coefficient (Wildman–Crippen LogP) is -2.08. The van der Waals surface area contributed by atoms with Crippen LogP contribution in [0.2, 0.25) is 0 Å². The first-order valence-corrected chi connectivity index (χ1v) is 13.4. The molecule has 7 N–H and O–H groups in total. The number of oxime groups is 1. The van der Waals surface area contributed by atoms with Gasteiger partial charge in [-0.15, -0.1) is 16.9 Å². The molecule has 2 aliphatic rings. The van der Waals surface area contributed by atoms with Gasteiger partial charge in [-0.25, -0.2) is 14.3 Å². The highest BCUT2D eigenvalue weighted by Gasteiger charge is 2.65. The highest BCUT2D eigenvalue weighted by molar-refractivity contribution is 8.00. The van der Waals surface area contributed by atoms with Crippen molar-refractivity contribution in [2.24, 2.45) is 10.9 Å². The summed E-state index contributed by atoms with van der Waals surface area (Å²) >= 11 is 6.97. The minimum atomic E-state index is -1.85. The molecule has 212 valence electrons. The molecule has 2 amide bonds. The molecule has 1 unspecified atom stereocenters. The van der Waals surface area contributed by atoms with Crippen LogP contribution < -0.4 is 16.8 Å². The highest BCUT2D eigenvalue weighted by atomic mass is 32.2. The summed E-state index contributed by atoms with van der Waals surface area (Å²) in [5, 5.41) is 36.8. The molecule has 0 spiro atoms. The maximum atomic E-state index is 13.5. The number of carbonyl (C=O) groups is 4. The monoisotopic (exact) mass is 611 g/mol. The third kappa shape index (κ3) is 4.87. The Labute approximate surface area is 237 Å². The fourth-order valence-corrected chi connectivity index (χ4v) is 5.90. The Morgan fingerprint density at radius 1 is 1.38 bits per heavy atom. The largest absolute Gasteiger partial charge is 0.478 e. The minimum absolute atomic E-state index is 0.0213. The van der Waals surface area contributed by atoms with E-state index in [1.807, 2.05) is 0 Å². The number of aliphatic carboxylic acids is 2. The van der Waals surface area contributed by atoms with Gasteiger partial charge >= 0.3 is 11.9 Å². The van der Waals surface area contributed by atoms with Crippen molar-refractivity contribution in [3.05, 3.63) is 17.3 Å². The Balaban J connectivity index is 1.69. The fraction of sp³-hybridized carbons (Fsp3) is 0.421. The van der Waals surface area contributed by atoms with Gasteiger partial charge in [0.1, 0.15) is 11.1 Å². The normalized spacial score (nSPS) is 21.0. The van der Waals surface area contributed by atoms with E-state index < -0.39 is 46.0 Å². The van der Waals surface area contributed by atoms with Crippen LogP contribution in [-0.4, -0.2) is 108 Å². The predicted molar refractivity (Wildman–Crippen MR) is 143 cm³/mol. The van der Waals surface area contributed by atoms with Gasteiger partial charge in [0, 0.05) is 34.8 Å². The first kappa shape index (κ1) is 28.9. The Morgan fingerprint density at radius 3 is 2.67 bits per heavy atom. The van der Waals surface area contributed by atoms with Gasteiger partial charge in [-0.3, -0.25) is 14.5 Å². The number of carboxylic acid groups (broad SMARTS) is 2. The molecular formula is C19H21N11O7S3. The van der Waals surface area contributed by atoms with Crippen LogP contribution in [0.15, 0.2) is 10.9 Å². The number of hydrogen-bond donors (Lipinski definition) is 5. The van der Waals surface area contributed by atoms with Crippen molar-refractivity contribution < 1.29 is 34.2 Å². The molecule has 0 aromatic carbocycles. The number of nitrogens with one attached hydrogen (secondary N) is 1. The number of fused-ring (bicyclic) bond motifs is 1. The summed E-state index contributed by atoms with van der Waals surface area (Å²) in [5.41, 5.74) is 6.74. The summed E-state index contributed by atoms with van der Waals surface area (Å²) < 4.78 is 5.24. The fourth-order valence-electron chi connectivity index (χ4n) is 3.66. The summed E-state index contributed by atoms with van der Waals surface area (Å²) in [5.74, 6) is -4.81. The van der Waals surface area contributed by atoms with E-state index in [4.69, 9.17) is 28.5 Å². The van der Waals surface area contributed by atoms with Gasteiger partial charge in [-0.05, 0) is 24.3 Å². The standard InChI is InChI=1S/C19H21N11O7S3/c1-18(2,16(35)36)37-25-8(10-22-17(21)40-26-10)12(31)23-19(6-38)14(34)30-9(13(32)33)7(5-39-15(19)30)11-24-27-28-29(11)4-3-20/h6,15H,3-5,20H2,1-2H3,(H,23,31)(H,32,33)(H,35,36)(H2,21,22,26)/t15-,19?/m0/s1. The Morgan fingerprint density at radius 2 is 2.10 bits per heavy atom. The van der Waals surface area contributed by atoms with Crippen molar-refractivity contribution in [2.75, 3.05) is 18.0 Å². The lowest BCUT2D eigenvalue weighted by molar-refractivity contribution is -0.161. The summed E-state index contributed by atoms with van der Waals surface area (Å²) in [7, 11) is 0. The number of carbonyl (C=O) groups excluding carboxylic acids is 2. The first-order chi connectivity index (χ1) is 18.9. The molecule has 4 heterocycles. The molecule has 21 heteroatoms. The molecule has 2 atom stereocenters. The number of nitrogens with zero attached hydrogens (tertiary/aromatic N) is 8. The number of thioether (sulfide) groups is 1. The number of tetrazole rings is 1. The van der Waals surface area contributed by atoms with Gasteiger partial charge in [0.15, 0.2) is 16.5 Å². The van der Waals surface area contributed by atoms with Gasteiger partial charge in [0.05, 0.1) is 6.54 Å². The maximum absolute atomic E-state index is 13.5. The van der Waals surface area contributed by atoms with Crippen molar-refractivity contribution in [1.82, 2.24) is 39.8 Å². The molecule has 0 saturated carbocycles. The van der Waals surface area contributed by atoms with Gasteiger partial charge in [0.25, 0.3) is 11.8 Å². The van der Waals surface area contributed by atoms with Crippen LogP contribution in [0.25, 0.3) is 5.57 Å². The van der Waals surface area contributed by atoms with Crippen LogP contribution in [0.1, 0.15) is 25.5 Å². The molecule has 2 aliphatic heterocycles. The van der Waals surface area contributed by atoms with E-state index in [2.05, 4.69) is 35.4 Å². The van der Waals surface area contributed by atoms with E-state index in [1.165, 1.54) is 18.5 Å². The molecule has 1 saturated heterocycles. The van der Waals surface area contributed by atoms with Crippen molar-refractivity contribution in [3.63, 3.8) is 0 Å². The molecule has 40 heavy (non-hydrogen) atoms. The van der Waals surface area contributed by atoms with Crippen LogP contribution in [0, 0.1) is 0 Å². The van der Waals surface area contributed by atoms with Gasteiger partial charge < -0.3 is 31.8 Å². The third-order valence-electron chi connectivity index (χ3n) is 5.71. The quantitative estimate of drug-likeness (QED) is 0.0789. The number of β-lactam (4-membered cyclic amide) rings is 1. The average molecular weight is 612 g/mol. The van der Waals surface area contributed by atoms with E-state index >= 15 is 0 Å². The summed E-state index contributed by atoms with van der Waals surface area (Å²) in [4.78, 5) is 60.6. The molecule has 4 rings (SSSR count). The zero-order chi connectivity index (χ0) is 29.4. The van der Waals surface area contributed by atoms with Crippen molar-refractivity contribution in [1.29, 1.82) is 0 Å². The highest BCUT2D eigenvalue weighted by Crippen LogP contribution is 2.47. The second-order valence-corrected chi connectivity index (χ2v) is 10.8. The third-order valence-corrected chi connectivity index (χ3v) is 7.98. The number of rotatable bonds is 11. The Hall–Kier alpha value is -4.08. The molecule has 0 radical (unpaired) electrons. The van der Waals surface area contributed by atoms with E-state index in [1.54, 1.807) is 0 Å². The number of thiocarbonyl (C=S) groups is 1. The molecule has 2 aromatic rings. The minimum Gasteiger partial charge on any atom is -0.478 e. The number of carboxylic acids is 2. The average Bonchev–Trinajstić information content (AvgIpc) is 3.55. The van der Waals surface area contributed by atoms with E-state index in [-0.39, 0.29) is 46.9 Å². The molecular weight excluding hydrogens is 590 g/mol. The molecule has 0 aliphatic carbocycles. The van der Waals surface area contributed by atoms with Crippen LogP contribution in [0.4, 0.5) is 5.13 Å². The number of nitrogen functional groups attached to an aromatic ring is 1. The second-order valence-electron chi connectivity index (χ2n) is 8.73. The first-order valence-electron chi connectivity index (χ1n) is 11.1. The SMILES string of the molecule is CC(C)(ON=C(C(=O)NC1(C=S)C(=O)N2C(C(=O)O)=C(c3nnnn3CCN)CS[C@H]21)c1nsc(N)n1)C(=O)O. The van der Waals surface area contributed by atoms with Crippen molar-refractivity contribution >= 4 is 81.0 Å². The zero-order valence-corrected chi connectivity index (χ0v) is 23.1. The smallest absolute Gasteiger partial charge is 0.353 e. The van der Waals surface area contributed by atoms with E-state index in [0.29, 0.717) is 0 Å². The van der Waals surface area contributed by atoms with Crippen LogP contribution in [0.3, 0.4) is 0 Å². The molecule has 2 aromatic heterocycles. The lowest BCUT2D eigenvalue weighted by Crippen LogP contribution is -2.80. The Bertz CT molecular complexity index is 1470. The summed E-state index contributed by atoms with van der Waals surface area (Å²) in [6.45, 7) is 2.79. The lowest BCUT2D eigenvalue weighted by Gasteiger charge is -2.55. The lowest BCUT2D eigenvalue weighted by atomic mass is 9.87. The van der Waals surface area contributed by atoms with E-state index in [9.17, 15) is 29.4 Å². The van der Waals surface area contributed by atoms with Crippen molar-refractivity contribution in [2.45, 2.75) is 36.9 Å². The number of aromatic nitrogens is 6. The molecule has 1 fully saturated rings. The zero-order valence-electron chi connectivity index (χ0n) is 20.7. The number of hydrogen-bond acceptors (Lipinski definition) is 16. The second kappa shape index (κ2) is 10.8. The maximum Gasteiger partial charge on any atom is 0.353 e. The van der Waals surface area contributed by atoms with Crippen LogP contribution in [0.5, 0.6) is 0 Å². The van der Waals surface area contributed by atoms with Crippen LogP contribution in [-0.2, 0) is 30.6 Å². The number of nitrogens with two attached hydrogens (primary N) is 2. The molecule has 0 bridgehead atoms. The number of anilines is 1. The summed E-state index contributed by atoms with van der Waals surface area (Å²) in [6.07, 6.45) is 0. The van der Waals surface area contributed by atoms with Crippen molar-refractivity contribution in [3.8, 4) is 0 Å². The topological polar surface area (TPSA) is 267 Å².